The third-order valence-corrected chi connectivity index (χ3v) is 4.94. The molecule has 2 fully saturated rings. The van der Waals surface area contributed by atoms with Crippen LogP contribution in [0.3, 0.4) is 0 Å². The Balaban J connectivity index is 1.50. The number of likely N-dealkylation sites (tertiary alicyclic amines) is 1. The van der Waals surface area contributed by atoms with Crippen LogP contribution < -0.4 is 4.90 Å². The summed E-state index contributed by atoms with van der Waals surface area (Å²) >= 11 is 0. The largest absolute Gasteiger partial charge is 0.355 e. The molecule has 120 valence electrons. The lowest BCUT2D eigenvalue weighted by atomic mass is 9.93. The number of amides is 1. The van der Waals surface area contributed by atoms with Gasteiger partial charge in [-0.2, -0.15) is 0 Å². The molecule has 3 heterocycles. The third kappa shape index (κ3) is 3.39. The van der Waals surface area contributed by atoms with Crippen LogP contribution in [0, 0.1) is 19.8 Å². The van der Waals surface area contributed by atoms with E-state index in [2.05, 4.69) is 14.9 Å². The van der Waals surface area contributed by atoms with E-state index < -0.39 is 0 Å². The fourth-order valence-corrected chi connectivity index (χ4v) is 3.54. The summed E-state index contributed by atoms with van der Waals surface area (Å²) in [6.45, 7) is 8.06. The van der Waals surface area contributed by atoms with Crippen LogP contribution >= 0.6 is 0 Å². The summed E-state index contributed by atoms with van der Waals surface area (Å²) in [5.41, 5.74) is 2.00. The van der Waals surface area contributed by atoms with Crippen molar-refractivity contribution >= 4 is 11.7 Å². The Labute approximate surface area is 132 Å². The van der Waals surface area contributed by atoms with Crippen molar-refractivity contribution in [2.24, 2.45) is 5.92 Å². The first-order valence-electron chi connectivity index (χ1n) is 8.46. The molecule has 0 saturated carbocycles. The number of carbonyl (C=O) groups excluding carboxylic acids is 1. The number of hydrogen-bond donors (Lipinski definition) is 0. The normalized spacial score (nSPS) is 20.0. The Morgan fingerprint density at radius 3 is 2.68 bits per heavy atom. The second-order valence-electron chi connectivity index (χ2n) is 6.62. The Morgan fingerprint density at radius 2 is 2.00 bits per heavy atom. The number of rotatable bonds is 4. The van der Waals surface area contributed by atoms with Gasteiger partial charge in [0.1, 0.15) is 5.82 Å². The Hall–Kier alpha value is -1.65. The van der Waals surface area contributed by atoms with E-state index in [0.29, 0.717) is 5.91 Å². The van der Waals surface area contributed by atoms with Crippen molar-refractivity contribution in [1.29, 1.82) is 0 Å². The van der Waals surface area contributed by atoms with E-state index in [4.69, 9.17) is 0 Å². The van der Waals surface area contributed by atoms with Crippen molar-refractivity contribution < 1.29 is 4.79 Å². The van der Waals surface area contributed by atoms with Gasteiger partial charge in [0, 0.05) is 38.8 Å². The van der Waals surface area contributed by atoms with Gasteiger partial charge in [-0.3, -0.25) is 9.78 Å². The number of hydrogen-bond acceptors (Lipinski definition) is 4. The number of nitrogens with zero attached hydrogens (tertiary/aromatic N) is 4. The van der Waals surface area contributed by atoms with Crippen LogP contribution in [-0.2, 0) is 4.79 Å². The van der Waals surface area contributed by atoms with Crippen molar-refractivity contribution in [3.63, 3.8) is 0 Å². The van der Waals surface area contributed by atoms with Crippen LogP contribution in [0.5, 0.6) is 0 Å². The first-order valence-corrected chi connectivity index (χ1v) is 8.46. The zero-order valence-electron chi connectivity index (χ0n) is 13.7. The topological polar surface area (TPSA) is 49.3 Å². The van der Waals surface area contributed by atoms with Crippen LogP contribution in [0.2, 0.25) is 0 Å². The Kier molecular flexibility index (Phi) is 4.60. The van der Waals surface area contributed by atoms with Crippen molar-refractivity contribution in [2.45, 2.75) is 46.0 Å². The lowest BCUT2D eigenvalue weighted by molar-refractivity contribution is -0.127. The molecule has 5 heteroatoms. The molecular weight excluding hydrogens is 276 g/mol. The molecule has 2 saturated heterocycles. The molecule has 0 atom stereocenters. The van der Waals surface area contributed by atoms with Gasteiger partial charge >= 0.3 is 0 Å². The zero-order valence-corrected chi connectivity index (χ0v) is 13.7. The summed E-state index contributed by atoms with van der Waals surface area (Å²) in [6.07, 6.45) is 7.16. The summed E-state index contributed by atoms with van der Waals surface area (Å²) in [6, 6.07) is 0. The third-order valence-electron chi connectivity index (χ3n) is 4.94. The van der Waals surface area contributed by atoms with Crippen molar-refractivity contribution in [3.8, 4) is 0 Å². The molecule has 0 radical (unpaired) electrons. The lowest BCUT2D eigenvalue weighted by Gasteiger charge is -2.34. The lowest BCUT2D eigenvalue weighted by Crippen LogP contribution is -2.36. The van der Waals surface area contributed by atoms with Gasteiger partial charge < -0.3 is 9.80 Å². The molecule has 3 rings (SSSR count). The van der Waals surface area contributed by atoms with Gasteiger partial charge in [-0.05, 0) is 45.4 Å². The van der Waals surface area contributed by atoms with E-state index in [1.165, 1.54) is 12.8 Å². The zero-order chi connectivity index (χ0) is 15.5. The van der Waals surface area contributed by atoms with Gasteiger partial charge in [0.05, 0.1) is 11.4 Å². The molecule has 5 nitrogen and oxygen atoms in total. The maximum absolute atomic E-state index is 11.7. The Morgan fingerprint density at radius 1 is 1.23 bits per heavy atom. The molecule has 2 aliphatic rings. The quantitative estimate of drug-likeness (QED) is 0.856. The average molecular weight is 302 g/mol. The molecule has 2 aliphatic heterocycles. The number of piperidine rings is 1. The van der Waals surface area contributed by atoms with Gasteiger partial charge in [-0.15, -0.1) is 0 Å². The van der Waals surface area contributed by atoms with Crippen LogP contribution in [0.4, 0.5) is 5.82 Å². The van der Waals surface area contributed by atoms with Crippen LogP contribution in [0.15, 0.2) is 6.20 Å². The molecule has 1 aromatic rings. The summed E-state index contributed by atoms with van der Waals surface area (Å²) in [4.78, 5) is 25.1. The van der Waals surface area contributed by atoms with E-state index in [1.54, 1.807) is 0 Å². The molecule has 0 unspecified atom stereocenters. The number of aryl methyl sites for hydroxylation is 2. The average Bonchev–Trinajstić information content (AvgIpc) is 2.93. The molecule has 0 bridgehead atoms. The summed E-state index contributed by atoms with van der Waals surface area (Å²) in [5, 5.41) is 0. The summed E-state index contributed by atoms with van der Waals surface area (Å²) < 4.78 is 0. The van der Waals surface area contributed by atoms with E-state index >= 15 is 0 Å². The number of carbonyl (C=O) groups is 1. The Bertz CT molecular complexity index is 537. The fraction of sp³-hybridized carbons (Fsp3) is 0.706. The van der Waals surface area contributed by atoms with Crippen LogP contribution in [0.1, 0.15) is 43.5 Å². The molecule has 0 N–H and O–H groups in total. The highest BCUT2D eigenvalue weighted by molar-refractivity contribution is 5.77. The van der Waals surface area contributed by atoms with E-state index in [9.17, 15) is 4.79 Å². The molecule has 0 aromatic carbocycles. The fourth-order valence-electron chi connectivity index (χ4n) is 3.54. The minimum absolute atomic E-state index is 0.350. The van der Waals surface area contributed by atoms with Crippen LogP contribution in [-0.4, -0.2) is 47.0 Å². The summed E-state index contributed by atoms with van der Waals surface area (Å²) in [5.74, 6) is 2.14. The molecular formula is C17H26N4O. The molecule has 1 aromatic heterocycles. The van der Waals surface area contributed by atoms with E-state index in [0.717, 1.165) is 68.6 Å². The van der Waals surface area contributed by atoms with Gasteiger partial charge in [0.15, 0.2) is 0 Å². The summed E-state index contributed by atoms with van der Waals surface area (Å²) in [7, 11) is 0. The maximum atomic E-state index is 11.7. The highest BCUT2D eigenvalue weighted by atomic mass is 16.2. The smallest absolute Gasteiger partial charge is 0.222 e. The minimum Gasteiger partial charge on any atom is -0.355 e. The van der Waals surface area contributed by atoms with Gasteiger partial charge in [0.2, 0.25) is 5.91 Å². The second kappa shape index (κ2) is 6.63. The van der Waals surface area contributed by atoms with Crippen molar-refractivity contribution in [3.05, 3.63) is 17.6 Å². The van der Waals surface area contributed by atoms with Gasteiger partial charge in [-0.1, -0.05) is 0 Å². The van der Waals surface area contributed by atoms with Crippen molar-refractivity contribution in [2.75, 3.05) is 31.1 Å². The molecule has 0 aliphatic carbocycles. The van der Waals surface area contributed by atoms with Gasteiger partial charge in [0.25, 0.3) is 0 Å². The predicted octanol–water partition coefficient (Wildman–Crippen LogP) is 2.32. The van der Waals surface area contributed by atoms with Crippen LogP contribution in [0.25, 0.3) is 0 Å². The highest BCUT2D eigenvalue weighted by Crippen LogP contribution is 2.26. The molecule has 22 heavy (non-hydrogen) atoms. The minimum atomic E-state index is 0.350. The van der Waals surface area contributed by atoms with Gasteiger partial charge in [-0.25, -0.2) is 4.98 Å². The second-order valence-corrected chi connectivity index (χ2v) is 6.62. The number of aromatic nitrogens is 2. The van der Waals surface area contributed by atoms with E-state index in [-0.39, 0.29) is 0 Å². The SMILES string of the molecule is Cc1cnc(C)c(N2CCC(CCN3CCCC3=O)CC2)n1. The standard InChI is InChI=1S/C17H26N4O/c1-13-12-18-14(2)17(19-13)21-10-6-15(7-11-21)5-9-20-8-3-4-16(20)22/h12,15H,3-11H2,1-2H3. The highest BCUT2D eigenvalue weighted by Gasteiger charge is 2.24. The predicted molar refractivity (Wildman–Crippen MR) is 86.9 cm³/mol. The maximum Gasteiger partial charge on any atom is 0.222 e. The van der Waals surface area contributed by atoms with Crippen molar-refractivity contribution in [1.82, 2.24) is 14.9 Å². The first kappa shape index (κ1) is 15.3. The molecule has 0 spiro atoms. The molecule has 1 amide bonds. The first-order chi connectivity index (χ1) is 10.6. The monoisotopic (exact) mass is 302 g/mol. The number of anilines is 1. The van der Waals surface area contributed by atoms with E-state index in [1.807, 2.05) is 24.9 Å².